The van der Waals surface area contributed by atoms with E-state index in [4.69, 9.17) is 5.73 Å². The summed E-state index contributed by atoms with van der Waals surface area (Å²) in [4.78, 5) is 25.6. The minimum atomic E-state index is -0.275. The Morgan fingerprint density at radius 2 is 1.73 bits per heavy atom. The Hall–Kier alpha value is -2.11. The Bertz CT molecular complexity index is 633. The third-order valence-electron chi connectivity index (χ3n) is 6.03. The Balaban J connectivity index is 1.62. The van der Waals surface area contributed by atoms with Crippen molar-refractivity contribution in [2.75, 3.05) is 19.6 Å². The fourth-order valence-electron chi connectivity index (χ4n) is 4.32. The average molecular weight is 361 g/mol. The Labute approximate surface area is 154 Å². The third kappa shape index (κ3) is 4.17. The molecule has 5 nitrogen and oxygen atoms in total. The van der Waals surface area contributed by atoms with Crippen LogP contribution in [0.25, 0.3) is 0 Å². The number of likely N-dealkylation sites (tertiary alicyclic amines) is 1. The van der Waals surface area contributed by atoms with E-state index in [1.165, 1.54) is 18.6 Å². The van der Waals surface area contributed by atoms with Gasteiger partial charge in [-0.25, -0.2) is 9.18 Å². The molecule has 1 saturated carbocycles. The van der Waals surface area contributed by atoms with E-state index in [0.29, 0.717) is 32.5 Å². The van der Waals surface area contributed by atoms with Crippen LogP contribution in [0.15, 0.2) is 24.3 Å². The first-order chi connectivity index (χ1) is 12.5. The Morgan fingerprint density at radius 3 is 2.31 bits per heavy atom. The normalized spacial score (nSPS) is 20.6. The van der Waals surface area contributed by atoms with E-state index in [0.717, 1.165) is 31.2 Å². The Kier molecular flexibility index (Phi) is 5.79. The van der Waals surface area contributed by atoms with Gasteiger partial charge in [0.25, 0.3) is 0 Å². The highest BCUT2D eigenvalue weighted by Crippen LogP contribution is 2.39. The number of nitrogens with two attached hydrogens (primary N) is 1. The first-order valence-corrected chi connectivity index (χ1v) is 9.58. The summed E-state index contributed by atoms with van der Waals surface area (Å²) in [6, 6.07) is 6.63. The molecule has 0 atom stereocenters. The molecule has 0 bridgehead atoms. The second-order valence-corrected chi connectivity index (χ2v) is 7.67. The van der Waals surface area contributed by atoms with E-state index in [2.05, 4.69) is 5.32 Å². The molecule has 142 valence electrons. The van der Waals surface area contributed by atoms with Crippen molar-refractivity contribution in [1.29, 1.82) is 0 Å². The zero-order valence-corrected chi connectivity index (χ0v) is 15.2. The number of hydrogen-bond donors (Lipinski definition) is 2. The van der Waals surface area contributed by atoms with E-state index < -0.39 is 0 Å². The molecule has 3 amide bonds. The molecule has 1 saturated heterocycles. The fourth-order valence-corrected chi connectivity index (χ4v) is 4.32. The van der Waals surface area contributed by atoms with Crippen LogP contribution >= 0.6 is 0 Å². The summed E-state index contributed by atoms with van der Waals surface area (Å²) < 4.78 is 13.3. The van der Waals surface area contributed by atoms with Gasteiger partial charge in [-0.2, -0.15) is 0 Å². The van der Waals surface area contributed by atoms with E-state index in [9.17, 15) is 14.0 Å². The Morgan fingerprint density at radius 1 is 1.12 bits per heavy atom. The van der Waals surface area contributed by atoms with Gasteiger partial charge in [0.1, 0.15) is 5.82 Å². The van der Waals surface area contributed by atoms with Gasteiger partial charge in [-0.05, 0) is 43.4 Å². The average Bonchev–Trinajstić information content (AvgIpc) is 2.67. The number of halogens is 1. The number of carbonyl (C=O) groups excluding carboxylic acids is 2. The monoisotopic (exact) mass is 361 g/mol. The highest BCUT2D eigenvalue weighted by molar-refractivity contribution is 5.78. The number of nitrogens with one attached hydrogen (secondary N) is 1. The number of amides is 3. The smallest absolute Gasteiger partial charge is 0.317 e. The predicted octanol–water partition coefficient (Wildman–Crippen LogP) is 2.93. The highest BCUT2D eigenvalue weighted by Gasteiger charge is 2.35. The molecule has 0 aromatic heterocycles. The van der Waals surface area contributed by atoms with Crippen LogP contribution in [0.2, 0.25) is 0 Å². The minimum absolute atomic E-state index is 0.0834. The number of nitrogens with zero attached hydrogens (tertiary/aromatic N) is 1. The van der Waals surface area contributed by atoms with Crippen LogP contribution in [-0.2, 0) is 10.2 Å². The van der Waals surface area contributed by atoms with Crippen molar-refractivity contribution in [2.24, 2.45) is 11.7 Å². The largest absolute Gasteiger partial charge is 0.369 e. The summed E-state index contributed by atoms with van der Waals surface area (Å²) >= 11 is 0. The molecule has 1 aliphatic carbocycles. The molecule has 1 aliphatic heterocycles. The SMILES string of the molecule is NC(=O)C1CCN(C(=O)NCC2(c3ccc(F)cc3)CCCCC2)CC1. The maximum atomic E-state index is 13.3. The van der Waals surface area contributed by atoms with Gasteiger partial charge in [-0.1, -0.05) is 31.4 Å². The van der Waals surface area contributed by atoms with Gasteiger partial charge < -0.3 is 16.0 Å². The van der Waals surface area contributed by atoms with E-state index in [-0.39, 0.29) is 29.1 Å². The highest BCUT2D eigenvalue weighted by atomic mass is 19.1. The van der Waals surface area contributed by atoms with Crippen molar-refractivity contribution in [3.63, 3.8) is 0 Å². The zero-order valence-electron chi connectivity index (χ0n) is 15.2. The zero-order chi connectivity index (χ0) is 18.6. The van der Waals surface area contributed by atoms with Gasteiger partial charge in [0, 0.05) is 31.0 Å². The third-order valence-corrected chi connectivity index (χ3v) is 6.03. The van der Waals surface area contributed by atoms with E-state index in [1.54, 1.807) is 4.90 Å². The number of primary amides is 1. The molecular weight excluding hydrogens is 333 g/mol. The molecule has 0 unspecified atom stereocenters. The molecule has 3 N–H and O–H groups in total. The molecule has 0 spiro atoms. The topological polar surface area (TPSA) is 75.4 Å². The van der Waals surface area contributed by atoms with Gasteiger partial charge in [-0.3, -0.25) is 4.79 Å². The summed E-state index contributed by atoms with van der Waals surface area (Å²) in [7, 11) is 0. The maximum Gasteiger partial charge on any atom is 0.317 e. The number of carbonyl (C=O) groups is 2. The molecule has 26 heavy (non-hydrogen) atoms. The van der Waals surface area contributed by atoms with Crippen LogP contribution in [0.3, 0.4) is 0 Å². The number of urea groups is 1. The maximum absolute atomic E-state index is 13.3. The van der Waals surface area contributed by atoms with Crippen molar-refractivity contribution >= 4 is 11.9 Å². The van der Waals surface area contributed by atoms with Crippen molar-refractivity contribution in [1.82, 2.24) is 10.2 Å². The summed E-state index contributed by atoms with van der Waals surface area (Å²) in [5.41, 5.74) is 6.34. The first kappa shape index (κ1) is 18.7. The standard InChI is InChI=1S/C20H28FN3O2/c21-17-6-4-16(5-7-17)20(10-2-1-3-11-20)14-23-19(26)24-12-8-15(9-13-24)18(22)25/h4-7,15H,1-3,8-14H2,(H2,22,25)(H,23,26). The van der Waals surface area contributed by atoms with E-state index >= 15 is 0 Å². The van der Waals surface area contributed by atoms with Gasteiger partial charge in [0.15, 0.2) is 0 Å². The molecule has 1 aromatic carbocycles. The van der Waals surface area contributed by atoms with Crippen LogP contribution in [0.4, 0.5) is 9.18 Å². The lowest BCUT2D eigenvalue weighted by atomic mass is 9.69. The lowest BCUT2D eigenvalue weighted by molar-refractivity contribution is -0.123. The van der Waals surface area contributed by atoms with Gasteiger partial charge in [0.2, 0.25) is 5.91 Å². The number of rotatable bonds is 4. The first-order valence-electron chi connectivity index (χ1n) is 9.58. The lowest BCUT2D eigenvalue weighted by Crippen LogP contribution is -2.50. The second-order valence-electron chi connectivity index (χ2n) is 7.67. The van der Waals surface area contributed by atoms with Crippen LogP contribution in [-0.4, -0.2) is 36.5 Å². The van der Waals surface area contributed by atoms with Gasteiger partial charge in [0.05, 0.1) is 0 Å². The van der Waals surface area contributed by atoms with Crippen molar-refractivity contribution in [3.05, 3.63) is 35.6 Å². The van der Waals surface area contributed by atoms with Crippen molar-refractivity contribution < 1.29 is 14.0 Å². The summed E-state index contributed by atoms with van der Waals surface area (Å²) in [5.74, 6) is -0.633. The minimum Gasteiger partial charge on any atom is -0.369 e. The van der Waals surface area contributed by atoms with Crippen LogP contribution < -0.4 is 11.1 Å². The van der Waals surface area contributed by atoms with Gasteiger partial charge in [-0.15, -0.1) is 0 Å². The van der Waals surface area contributed by atoms with Crippen LogP contribution in [0.1, 0.15) is 50.5 Å². The molecular formula is C20H28FN3O2. The van der Waals surface area contributed by atoms with Crippen LogP contribution in [0, 0.1) is 11.7 Å². The number of benzene rings is 1. The van der Waals surface area contributed by atoms with E-state index in [1.807, 2.05) is 12.1 Å². The molecule has 2 aliphatic rings. The summed E-state index contributed by atoms with van der Waals surface area (Å²) in [6.07, 6.45) is 6.72. The number of piperidine rings is 1. The molecule has 3 rings (SSSR count). The molecule has 0 radical (unpaired) electrons. The summed E-state index contributed by atoms with van der Waals surface area (Å²) in [6.45, 7) is 1.68. The molecule has 6 heteroatoms. The van der Waals surface area contributed by atoms with Gasteiger partial charge >= 0.3 is 6.03 Å². The molecule has 2 fully saturated rings. The quantitative estimate of drug-likeness (QED) is 0.865. The lowest BCUT2D eigenvalue weighted by Gasteiger charge is -2.39. The van der Waals surface area contributed by atoms with Crippen molar-refractivity contribution in [2.45, 2.75) is 50.4 Å². The second kappa shape index (κ2) is 8.06. The van der Waals surface area contributed by atoms with Crippen molar-refractivity contribution in [3.8, 4) is 0 Å². The fraction of sp³-hybridized carbons (Fsp3) is 0.600. The molecule has 1 heterocycles. The molecule has 1 aromatic rings. The number of hydrogen-bond acceptors (Lipinski definition) is 2. The predicted molar refractivity (Wildman–Crippen MR) is 98.1 cm³/mol. The summed E-state index contributed by atoms with van der Waals surface area (Å²) in [5, 5.41) is 3.10. The van der Waals surface area contributed by atoms with Crippen LogP contribution in [0.5, 0.6) is 0 Å².